The number of benzene rings is 9. The van der Waals surface area contributed by atoms with Gasteiger partial charge in [-0.3, -0.25) is 0 Å². The van der Waals surface area contributed by atoms with Crippen LogP contribution in [0.15, 0.2) is 186 Å². The lowest BCUT2D eigenvalue weighted by Crippen LogP contribution is -2.04. The van der Waals surface area contributed by atoms with Crippen LogP contribution in [-0.4, -0.2) is 19.5 Å². The zero-order valence-corrected chi connectivity index (χ0v) is 32.2. The molecule has 9 aromatic carbocycles. The molecule has 0 radical (unpaired) electrons. The Bertz CT molecular complexity index is 3770. The van der Waals surface area contributed by atoms with Crippen LogP contribution in [0.3, 0.4) is 0 Å². The molecule has 4 heterocycles. The Morgan fingerprint density at radius 3 is 1.69 bits per heavy atom. The third-order valence-electron chi connectivity index (χ3n) is 11.8. The maximum Gasteiger partial charge on any atom is 0.166 e. The number of aromatic nitrogens is 4. The van der Waals surface area contributed by atoms with Crippen LogP contribution in [0.25, 0.3) is 125 Å². The summed E-state index contributed by atoms with van der Waals surface area (Å²) < 4.78 is 11.8. The minimum absolute atomic E-state index is 0.568. The number of rotatable bonds is 4. The van der Waals surface area contributed by atoms with Crippen LogP contribution in [0.5, 0.6) is 0 Å². The van der Waals surface area contributed by atoms with Crippen molar-refractivity contribution in [2.24, 2.45) is 0 Å². The number of nitrogens with zero attached hydrogens (tertiary/aromatic N) is 4. The molecular formula is C53H30N4OS. The van der Waals surface area contributed by atoms with Crippen molar-refractivity contribution < 1.29 is 4.42 Å². The molecule has 13 aromatic rings. The molecule has 0 bridgehead atoms. The van der Waals surface area contributed by atoms with E-state index in [0.29, 0.717) is 17.5 Å². The van der Waals surface area contributed by atoms with Crippen molar-refractivity contribution in [1.82, 2.24) is 19.5 Å². The van der Waals surface area contributed by atoms with E-state index in [1.807, 2.05) is 30.3 Å². The Labute approximate surface area is 341 Å². The van der Waals surface area contributed by atoms with Gasteiger partial charge in [0.05, 0.1) is 11.0 Å². The van der Waals surface area contributed by atoms with Gasteiger partial charge in [-0.2, -0.15) is 0 Å². The molecule has 5 nitrogen and oxygen atoms in total. The van der Waals surface area contributed by atoms with Gasteiger partial charge in [-0.25, -0.2) is 15.0 Å². The van der Waals surface area contributed by atoms with E-state index in [2.05, 4.69) is 156 Å². The molecule has 0 aliphatic carbocycles. The molecule has 0 aliphatic rings. The molecule has 13 rings (SSSR count). The molecule has 0 aliphatic heterocycles. The van der Waals surface area contributed by atoms with Gasteiger partial charge in [-0.1, -0.05) is 115 Å². The van der Waals surface area contributed by atoms with E-state index in [-0.39, 0.29) is 0 Å². The van der Waals surface area contributed by atoms with Gasteiger partial charge < -0.3 is 8.98 Å². The second-order valence-corrected chi connectivity index (χ2v) is 16.3. The van der Waals surface area contributed by atoms with Crippen molar-refractivity contribution in [1.29, 1.82) is 0 Å². The first-order valence-corrected chi connectivity index (χ1v) is 20.6. The van der Waals surface area contributed by atoms with E-state index in [4.69, 9.17) is 19.4 Å². The average molecular weight is 771 g/mol. The molecule has 0 saturated heterocycles. The monoisotopic (exact) mass is 770 g/mol. The molecule has 4 aromatic heterocycles. The highest BCUT2D eigenvalue weighted by Gasteiger charge is 2.25. The van der Waals surface area contributed by atoms with Gasteiger partial charge >= 0.3 is 0 Å². The third-order valence-corrected chi connectivity index (χ3v) is 12.9. The van der Waals surface area contributed by atoms with Crippen LogP contribution >= 0.6 is 11.3 Å². The fourth-order valence-corrected chi connectivity index (χ4v) is 10.1. The van der Waals surface area contributed by atoms with Crippen LogP contribution in [0, 0.1) is 0 Å². The van der Waals surface area contributed by atoms with Crippen LogP contribution in [0.2, 0.25) is 0 Å². The summed E-state index contributed by atoms with van der Waals surface area (Å²) in [5.74, 6) is 1.79. The molecular weight excluding hydrogens is 741 g/mol. The fourth-order valence-electron chi connectivity index (χ4n) is 9.01. The zero-order chi connectivity index (χ0) is 38.6. The normalized spacial score (nSPS) is 12.1. The number of furan rings is 1. The van der Waals surface area contributed by atoms with Crippen LogP contribution in [-0.2, 0) is 0 Å². The van der Waals surface area contributed by atoms with Gasteiger partial charge in [0.2, 0.25) is 0 Å². The molecule has 0 unspecified atom stereocenters. The highest BCUT2D eigenvalue weighted by molar-refractivity contribution is 7.25. The topological polar surface area (TPSA) is 56.7 Å². The quantitative estimate of drug-likeness (QED) is 0.179. The Hall–Kier alpha value is -7.67. The summed E-state index contributed by atoms with van der Waals surface area (Å²) in [6.07, 6.45) is 0. The minimum atomic E-state index is 0.568. The third kappa shape index (κ3) is 4.94. The molecule has 0 atom stereocenters. The second-order valence-electron chi connectivity index (χ2n) is 15.2. The van der Waals surface area contributed by atoms with E-state index in [1.54, 1.807) is 11.3 Å². The van der Waals surface area contributed by atoms with E-state index in [9.17, 15) is 0 Å². The maximum atomic E-state index is 6.96. The van der Waals surface area contributed by atoms with Crippen molar-refractivity contribution >= 4 is 96.8 Å². The van der Waals surface area contributed by atoms with Crippen molar-refractivity contribution in [2.45, 2.75) is 0 Å². The smallest absolute Gasteiger partial charge is 0.166 e. The van der Waals surface area contributed by atoms with Gasteiger partial charge in [0, 0.05) is 58.4 Å². The molecule has 0 fully saturated rings. The first kappa shape index (κ1) is 32.4. The lowest BCUT2D eigenvalue weighted by molar-refractivity contribution is 0.666. The number of hydrogen-bond acceptors (Lipinski definition) is 5. The molecule has 0 N–H and O–H groups in total. The van der Waals surface area contributed by atoms with Crippen molar-refractivity contribution in [3.8, 4) is 39.9 Å². The number of para-hydroxylation sites is 1. The van der Waals surface area contributed by atoms with E-state index in [1.165, 1.54) is 41.7 Å². The largest absolute Gasteiger partial charge is 0.454 e. The molecule has 0 amide bonds. The van der Waals surface area contributed by atoms with Crippen LogP contribution in [0.1, 0.15) is 0 Å². The molecule has 0 spiro atoms. The fraction of sp³-hybridized carbons (Fsp3) is 0. The summed E-state index contributed by atoms with van der Waals surface area (Å²) in [6.45, 7) is 0. The Balaban J connectivity index is 1.17. The second kappa shape index (κ2) is 12.4. The summed E-state index contributed by atoms with van der Waals surface area (Å²) in [7, 11) is 0. The van der Waals surface area contributed by atoms with Crippen molar-refractivity contribution in [2.75, 3.05) is 0 Å². The van der Waals surface area contributed by atoms with Gasteiger partial charge in [0.25, 0.3) is 0 Å². The first-order valence-electron chi connectivity index (χ1n) is 19.8. The first-order chi connectivity index (χ1) is 29.2. The zero-order valence-electron chi connectivity index (χ0n) is 31.4. The summed E-state index contributed by atoms with van der Waals surface area (Å²) in [4.78, 5) is 15.9. The Kier molecular flexibility index (Phi) is 6.82. The lowest BCUT2D eigenvalue weighted by Gasteiger charge is -2.16. The lowest BCUT2D eigenvalue weighted by atomic mass is 10.0. The molecule has 274 valence electrons. The summed E-state index contributed by atoms with van der Waals surface area (Å²) in [5, 5.41) is 11.6. The number of thiophene rings is 1. The van der Waals surface area contributed by atoms with Gasteiger partial charge in [-0.15, -0.1) is 11.3 Å². The van der Waals surface area contributed by atoms with E-state index < -0.39 is 0 Å². The van der Waals surface area contributed by atoms with Crippen LogP contribution in [0.4, 0.5) is 0 Å². The standard InChI is InChI=1S/C53H30N4OS/c1-2-12-31(13-3-1)51-54-52(36-22-25-48-43(28-36)38-19-9-11-21-47(38)59-48)56-53(55-51)40-24-23-39-37-18-8-10-20-46(37)58-50(39)49(40)57-44-29-34-16-6-4-14-32(34)26-41(44)42-27-33-15-5-7-17-35(33)30-45(42)57/h1-30H. The van der Waals surface area contributed by atoms with Gasteiger partial charge in [0.15, 0.2) is 23.1 Å². The maximum absolute atomic E-state index is 6.96. The number of fused-ring (bicyclic) bond motifs is 11. The van der Waals surface area contributed by atoms with Crippen LogP contribution < -0.4 is 0 Å². The molecule has 0 saturated carbocycles. The van der Waals surface area contributed by atoms with E-state index in [0.717, 1.165) is 66.1 Å². The Morgan fingerprint density at radius 2 is 0.966 bits per heavy atom. The summed E-state index contributed by atoms with van der Waals surface area (Å²) in [5.41, 5.74) is 7.35. The molecule has 59 heavy (non-hydrogen) atoms. The summed E-state index contributed by atoms with van der Waals surface area (Å²) in [6, 6.07) is 64.4. The average Bonchev–Trinajstić information content (AvgIpc) is 3.96. The highest BCUT2D eigenvalue weighted by atomic mass is 32.1. The molecule has 6 heteroatoms. The Morgan fingerprint density at radius 1 is 0.390 bits per heavy atom. The predicted octanol–water partition coefficient (Wildman–Crippen LogP) is 14.5. The van der Waals surface area contributed by atoms with E-state index >= 15 is 0 Å². The highest BCUT2D eigenvalue weighted by Crippen LogP contribution is 2.44. The summed E-state index contributed by atoms with van der Waals surface area (Å²) >= 11 is 1.81. The SMILES string of the molecule is c1ccc(-c2nc(-c3ccc4sc5ccccc5c4c3)nc(-c3ccc4c(oc5ccccc54)c3-n3c4cc5ccccc5cc4c4cc5ccccc5cc43)n2)cc1. The van der Waals surface area contributed by atoms with Crippen molar-refractivity contribution in [3.05, 3.63) is 182 Å². The van der Waals surface area contributed by atoms with Gasteiger partial charge in [0.1, 0.15) is 11.3 Å². The van der Waals surface area contributed by atoms with Crippen molar-refractivity contribution in [3.63, 3.8) is 0 Å². The number of hydrogen-bond donors (Lipinski definition) is 0. The van der Waals surface area contributed by atoms with Gasteiger partial charge in [-0.05, 0) is 88.3 Å². The minimum Gasteiger partial charge on any atom is -0.454 e. The predicted molar refractivity (Wildman–Crippen MR) is 246 cm³/mol.